The van der Waals surface area contributed by atoms with Crippen molar-refractivity contribution < 1.29 is 14.6 Å². The first-order valence-electron chi connectivity index (χ1n) is 6.24. The van der Waals surface area contributed by atoms with Crippen LogP contribution in [0.1, 0.15) is 21.6 Å². The molecule has 2 aromatic heterocycles. The number of aryl methyl sites for hydroxylation is 1. The minimum atomic E-state index is -0.991. The summed E-state index contributed by atoms with van der Waals surface area (Å²) in [6, 6.07) is 6.60. The molecule has 0 saturated carbocycles. The van der Waals surface area contributed by atoms with Gasteiger partial charge in [0.2, 0.25) is 5.88 Å². The van der Waals surface area contributed by atoms with Crippen molar-refractivity contribution in [1.29, 1.82) is 0 Å². The van der Waals surface area contributed by atoms with Crippen molar-refractivity contribution in [3.8, 4) is 11.6 Å². The fourth-order valence-electron chi connectivity index (χ4n) is 2.04. The number of hydrogen-bond donors (Lipinski definition) is 1. The van der Waals surface area contributed by atoms with Crippen LogP contribution in [-0.2, 0) is 0 Å². The standard InChI is InChI=1S/C14H12N4O3/c1-8-6-12(18-14(17-8)15-7-16-18)21-11-5-3-4-10(9(11)2)13(19)20/h3-7H,1-2H3,(H,19,20). The smallest absolute Gasteiger partial charge is 0.336 e. The van der Waals surface area contributed by atoms with Gasteiger partial charge in [0.1, 0.15) is 12.1 Å². The topological polar surface area (TPSA) is 89.6 Å². The molecule has 0 aliphatic heterocycles. The molecule has 7 nitrogen and oxygen atoms in total. The summed E-state index contributed by atoms with van der Waals surface area (Å²) in [6.45, 7) is 3.52. The second-order valence-corrected chi connectivity index (χ2v) is 4.54. The van der Waals surface area contributed by atoms with E-state index in [4.69, 9.17) is 9.84 Å². The van der Waals surface area contributed by atoms with Crippen molar-refractivity contribution in [3.05, 3.63) is 47.4 Å². The quantitative estimate of drug-likeness (QED) is 0.793. The maximum Gasteiger partial charge on any atom is 0.336 e. The van der Waals surface area contributed by atoms with E-state index in [0.29, 0.717) is 23.0 Å². The van der Waals surface area contributed by atoms with Gasteiger partial charge in [-0.05, 0) is 26.0 Å². The molecule has 7 heteroatoms. The van der Waals surface area contributed by atoms with Crippen LogP contribution < -0.4 is 4.74 Å². The van der Waals surface area contributed by atoms with Crippen LogP contribution in [0, 0.1) is 13.8 Å². The van der Waals surface area contributed by atoms with E-state index in [1.807, 2.05) is 6.92 Å². The number of aromatic carboxylic acids is 1. The van der Waals surface area contributed by atoms with Gasteiger partial charge >= 0.3 is 5.97 Å². The number of fused-ring (bicyclic) bond motifs is 1. The van der Waals surface area contributed by atoms with Gasteiger partial charge in [-0.1, -0.05) is 6.07 Å². The van der Waals surface area contributed by atoms with E-state index in [0.717, 1.165) is 5.69 Å². The van der Waals surface area contributed by atoms with Crippen LogP contribution >= 0.6 is 0 Å². The Bertz CT molecular complexity index is 841. The summed E-state index contributed by atoms with van der Waals surface area (Å²) in [7, 11) is 0. The summed E-state index contributed by atoms with van der Waals surface area (Å²) in [5.41, 5.74) is 1.48. The van der Waals surface area contributed by atoms with E-state index >= 15 is 0 Å². The summed E-state index contributed by atoms with van der Waals surface area (Å²) in [6.07, 6.45) is 1.38. The van der Waals surface area contributed by atoms with Crippen LogP contribution in [0.3, 0.4) is 0 Å². The van der Waals surface area contributed by atoms with Gasteiger partial charge in [-0.15, -0.1) is 0 Å². The van der Waals surface area contributed by atoms with Gasteiger partial charge in [-0.2, -0.15) is 14.6 Å². The van der Waals surface area contributed by atoms with Crippen molar-refractivity contribution in [2.45, 2.75) is 13.8 Å². The third kappa shape index (κ3) is 2.29. The zero-order chi connectivity index (χ0) is 15.0. The molecule has 3 aromatic rings. The van der Waals surface area contributed by atoms with E-state index in [9.17, 15) is 4.79 Å². The number of carboxylic acids is 1. The third-order valence-electron chi connectivity index (χ3n) is 3.08. The normalized spacial score (nSPS) is 10.8. The lowest BCUT2D eigenvalue weighted by Crippen LogP contribution is -2.03. The molecular formula is C14H12N4O3. The van der Waals surface area contributed by atoms with Gasteiger partial charge in [-0.25, -0.2) is 9.78 Å². The molecule has 0 atom stereocenters. The van der Waals surface area contributed by atoms with Gasteiger partial charge in [-0.3, -0.25) is 0 Å². The number of rotatable bonds is 3. The molecule has 0 aliphatic carbocycles. The summed E-state index contributed by atoms with van der Waals surface area (Å²) < 4.78 is 7.27. The van der Waals surface area contributed by atoms with Crippen LogP contribution in [0.25, 0.3) is 5.78 Å². The Kier molecular flexibility index (Phi) is 3.02. The highest BCUT2D eigenvalue weighted by molar-refractivity contribution is 5.90. The lowest BCUT2D eigenvalue weighted by molar-refractivity contribution is 0.0695. The van der Waals surface area contributed by atoms with Crippen molar-refractivity contribution in [2.24, 2.45) is 0 Å². The molecule has 2 heterocycles. The van der Waals surface area contributed by atoms with Crippen LogP contribution in [0.5, 0.6) is 11.6 Å². The lowest BCUT2D eigenvalue weighted by Gasteiger charge is -2.11. The summed E-state index contributed by atoms with van der Waals surface area (Å²) in [4.78, 5) is 19.4. The Morgan fingerprint density at radius 3 is 2.90 bits per heavy atom. The molecule has 0 spiro atoms. The van der Waals surface area contributed by atoms with E-state index in [1.165, 1.54) is 16.9 Å². The highest BCUT2D eigenvalue weighted by atomic mass is 16.5. The first-order valence-corrected chi connectivity index (χ1v) is 6.24. The number of ether oxygens (including phenoxy) is 1. The first kappa shape index (κ1) is 13.0. The van der Waals surface area contributed by atoms with E-state index in [1.54, 1.807) is 25.1 Å². The molecule has 0 unspecified atom stereocenters. The maximum absolute atomic E-state index is 11.2. The number of nitrogens with zero attached hydrogens (tertiary/aromatic N) is 4. The number of carboxylic acid groups (broad SMARTS) is 1. The summed E-state index contributed by atoms with van der Waals surface area (Å²) >= 11 is 0. The third-order valence-corrected chi connectivity index (χ3v) is 3.08. The van der Waals surface area contributed by atoms with Gasteiger partial charge < -0.3 is 9.84 Å². The number of hydrogen-bond acceptors (Lipinski definition) is 5. The molecule has 0 saturated heterocycles. The minimum Gasteiger partial charge on any atom is -0.478 e. The molecule has 0 fully saturated rings. The first-order chi connectivity index (χ1) is 10.1. The van der Waals surface area contributed by atoms with Crippen LogP contribution in [-0.4, -0.2) is 30.7 Å². The van der Waals surface area contributed by atoms with Crippen LogP contribution in [0.2, 0.25) is 0 Å². The molecule has 21 heavy (non-hydrogen) atoms. The molecule has 3 rings (SSSR count). The zero-order valence-electron chi connectivity index (χ0n) is 11.4. The van der Waals surface area contributed by atoms with Crippen molar-refractivity contribution in [3.63, 3.8) is 0 Å². The van der Waals surface area contributed by atoms with Gasteiger partial charge in [0, 0.05) is 17.3 Å². The highest BCUT2D eigenvalue weighted by Crippen LogP contribution is 2.27. The Balaban J connectivity index is 2.09. The number of benzene rings is 1. The van der Waals surface area contributed by atoms with Crippen molar-refractivity contribution in [1.82, 2.24) is 19.6 Å². The van der Waals surface area contributed by atoms with E-state index in [-0.39, 0.29) is 5.56 Å². The van der Waals surface area contributed by atoms with Gasteiger partial charge in [0.05, 0.1) is 5.56 Å². The number of carbonyl (C=O) groups is 1. The molecule has 0 amide bonds. The van der Waals surface area contributed by atoms with Crippen LogP contribution in [0.4, 0.5) is 0 Å². The molecular weight excluding hydrogens is 272 g/mol. The van der Waals surface area contributed by atoms with Crippen molar-refractivity contribution >= 4 is 11.7 Å². The minimum absolute atomic E-state index is 0.202. The lowest BCUT2D eigenvalue weighted by atomic mass is 10.1. The summed E-state index contributed by atoms with van der Waals surface area (Å²) in [5.74, 6) is 0.324. The maximum atomic E-state index is 11.2. The van der Waals surface area contributed by atoms with Crippen LogP contribution in [0.15, 0.2) is 30.6 Å². The molecule has 1 N–H and O–H groups in total. The zero-order valence-corrected chi connectivity index (χ0v) is 11.4. The second-order valence-electron chi connectivity index (χ2n) is 4.54. The van der Waals surface area contributed by atoms with Crippen molar-refractivity contribution in [2.75, 3.05) is 0 Å². The molecule has 0 radical (unpaired) electrons. The second kappa shape index (κ2) is 4.86. The number of aromatic nitrogens is 4. The summed E-state index contributed by atoms with van der Waals surface area (Å²) in [5, 5.41) is 13.2. The van der Waals surface area contributed by atoms with Gasteiger partial charge in [0.25, 0.3) is 5.78 Å². The molecule has 0 bridgehead atoms. The average Bonchev–Trinajstić information content (AvgIpc) is 2.88. The predicted octanol–water partition coefficient (Wildman–Crippen LogP) is 2.23. The molecule has 1 aromatic carbocycles. The molecule has 0 aliphatic rings. The van der Waals surface area contributed by atoms with E-state index in [2.05, 4.69) is 15.1 Å². The fraction of sp³-hybridized carbons (Fsp3) is 0.143. The Morgan fingerprint density at radius 1 is 1.33 bits per heavy atom. The van der Waals surface area contributed by atoms with Gasteiger partial charge in [0.15, 0.2) is 0 Å². The van der Waals surface area contributed by atoms with E-state index < -0.39 is 5.97 Å². The average molecular weight is 284 g/mol. The SMILES string of the molecule is Cc1cc(Oc2cccc(C(=O)O)c2C)n2ncnc2n1. The Labute approximate surface area is 119 Å². The highest BCUT2D eigenvalue weighted by Gasteiger charge is 2.13. The fourth-order valence-corrected chi connectivity index (χ4v) is 2.04. The Morgan fingerprint density at radius 2 is 2.14 bits per heavy atom. The molecule has 106 valence electrons. The Hall–Kier alpha value is -2.96. The monoisotopic (exact) mass is 284 g/mol. The predicted molar refractivity (Wildman–Crippen MR) is 73.7 cm³/mol. The largest absolute Gasteiger partial charge is 0.478 e.